The summed E-state index contributed by atoms with van der Waals surface area (Å²) in [5.74, 6) is 1.62. The average Bonchev–Trinajstić information content (AvgIpc) is 2.73. The Morgan fingerprint density at radius 2 is 2.00 bits per heavy atom. The molecule has 0 fully saturated rings. The molecule has 0 amide bonds. The molecule has 2 aromatic rings. The molecule has 1 N–H and O–H groups in total. The van der Waals surface area contributed by atoms with Crippen molar-refractivity contribution in [3.8, 4) is 11.5 Å². The summed E-state index contributed by atoms with van der Waals surface area (Å²) >= 11 is 6.08. The van der Waals surface area contributed by atoms with Gasteiger partial charge in [0.1, 0.15) is 0 Å². The van der Waals surface area contributed by atoms with E-state index in [0.717, 1.165) is 34.7 Å². The topological polar surface area (TPSA) is 43.4 Å². The highest BCUT2D eigenvalue weighted by Crippen LogP contribution is 2.31. The first-order valence-corrected chi connectivity index (χ1v) is 7.35. The van der Waals surface area contributed by atoms with Crippen molar-refractivity contribution in [3.05, 3.63) is 46.7 Å². The number of anilines is 1. The molecular weight excluding hydrogens is 288 g/mol. The molecule has 110 valence electrons. The standard InChI is InChI=1S/C16H17ClN2O2/c1-11-7-13(16(17)19-9-11)18-10-12-3-4-14-15(8-12)21-6-2-5-20-14/h3-4,7-9,18H,2,5-6,10H2,1H3. The van der Waals surface area contributed by atoms with E-state index >= 15 is 0 Å². The molecule has 0 saturated carbocycles. The second-order valence-electron chi connectivity index (χ2n) is 5.04. The number of ether oxygens (including phenoxy) is 2. The van der Waals surface area contributed by atoms with E-state index in [1.54, 1.807) is 6.20 Å². The van der Waals surface area contributed by atoms with Gasteiger partial charge in [0.05, 0.1) is 18.9 Å². The third kappa shape index (κ3) is 3.39. The molecule has 1 aromatic carbocycles. The van der Waals surface area contributed by atoms with Crippen molar-refractivity contribution in [2.45, 2.75) is 19.9 Å². The van der Waals surface area contributed by atoms with Crippen molar-refractivity contribution in [2.24, 2.45) is 0 Å². The van der Waals surface area contributed by atoms with Crippen LogP contribution in [0.3, 0.4) is 0 Å². The first kappa shape index (κ1) is 14.0. The van der Waals surface area contributed by atoms with Crippen LogP contribution in [0.2, 0.25) is 5.15 Å². The molecule has 0 saturated heterocycles. The number of hydrogen-bond acceptors (Lipinski definition) is 4. The van der Waals surface area contributed by atoms with Gasteiger partial charge < -0.3 is 14.8 Å². The van der Waals surface area contributed by atoms with Gasteiger partial charge in [-0.15, -0.1) is 0 Å². The van der Waals surface area contributed by atoms with Crippen LogP contribution in [0.1, 0.15) is 17.5 Å². The van der Waals surface area contributed by atoms with Crippen molar-refractivity contribution < 1.29 is 9.47 Å². The minimum absolute atomic E-state index is 0.481. The van der Waals surface area contributed by atoms with Crippen LogP contribution in [0.4, 0.5) is 5.69 Å². The van der Waals surface area contributed by atoms with Gasteiger partial charge >= 0.3 is 0 Å². The minimum atomic E-state index is 0.481. The van der Waals surface area contributed by atoms with E-state index in [2.05, 4.69) is 10.3 Å². The maximum absolute atomic E-state index is 6.08. The van der Waals surface area contributed by atoms with Crippen molar-refractivity contribution in [1.29, 1.82) is 0 Å². The predicted molar refractivity (Wildman–Crippen MR) is 83.4 cm³/mol. The quantitative estimate of drug-likeness (QED) is 0.876. The number of nitrogens with one attached hydrogen (secondary N) is 1. The first-order valence-electron chi connectivity index (χ1n) is 6.97. The van der Waals surface area contributed by atoms with Crippen LogP contribution in [-0.2, 0) is 6.54 Å². The third-order valence-corrected chi connectivity index (χ3v) is 3.57. The summed E-state index contributed by atoms with van der Waals surface area (Å²) in [7, 11) is 0. The molecule has 2 heterocycles. The summed E-state index contributed by atoms with van der Waals surface area (Å²) in [6, 6.07) is 7.97. The van der Waals surface area contributed by atoms with Crippen LogP contribution in [0, 0.1) is 6.92 Å². The van der Waals surface area contributed by atoms with Gasteiger partial charge in [0.25, 0.3) is 0 Å². The van der Waals surface area contributed by atoms with E-state index in [-0.39, 0.29) is 0 Å². The maximum atomic E-state index is 6.08. The number of hydrogen-bond donors (Lipinski definition) is 1. The zero-order valence-corrected chi connectivity index (χ0v) is 12.6. The van der Waals surface area contributed by atoms with E-state index in [0.29, 0.717) is 24.9 Å². The Hall–Kier alpha value is -1.94. The molecule has 5 heteroatoms. The lowest BCUT2D eigenvalue weighted by Crippen LogP contribution is -2.02. The number of fused-ring (bicyclic) bond motifs is 1. The van der Waals surface area contributed by atoms with Crippen LogP contribution in [-0.4, -0.2) is 18.2 Å². The Kier molecular flexibility index (Phi) is 4.15. The van der Waals surface area contributed by atoms with Crippen molar-refractivity contribution in [1.82, 2.24) is 4.98 Å². The largest absolute Gasteiger partial charge is 0.490 e. The Labute approximate surface area is 129 Å². The lowest BCUT2D eigenvalue weighted by Gasteiger charge is -2.11. The van der Waals surface area contributed by atoms with Gasteiger partial charge in [-0.1, -0.05) is 17.7 Å². The van der Waals surface area contributed by atoms with E-state index in [4.69, 9.17) is 21.1 Å². The zero-order chi connectivity index (χ0) is 14.7. The van der Waals surface area contributed by atoms with E-state index in [9.17, 15) is 0 Å². The summed E-state index contributed by atoms with van der Waals surface area (Å²) in [6.07, 6.45) is 2.66. The van der Waals surface area contributed by atoms with Gasteiger partial charge in [-0.2, -0.15) is 0 Å². The first-order chi connectivity index (χ1) is 10.2. The van der Waals surface area contributed by atoms with Crippen molar-refractivity contribution in [2.75, 3.05) is 18.5 Å². The molecular formula is C16H17ClN2O2. The van der Waals surface area contributed by atoms with Crippen LogP contribution in [0.25, 0.3) is 0 Å². The Morgan fingerprint density at radius 1 is 1.19 bits per heavy atom. The number of halogens is 1. The van der Waals surface area contributed by atoms with Crippen LogP contribution < -0.4 is 14.8 Å². The summed E-state index contributed by atoms with van der Waals surface area (Å²) in [4.78, 5) is 4.13. The smallest absolute Gasteiger partial charge is 0.161 e. The van der Waals surface area contributed by atoms with Gasteiger partial charge in [-0.3, -0.25) is 0 Å². The van der Waals surface area contributed by atoms with Crippen molar-refractivity contribution >= 4 is 17.3 Å². The second-order valence-corrected chi connectivity index (χ2v) is 5.39. The Morgan fingerprint density at radius 3 is 2.86 bits per heavy atom. The fourth-order valence-electron chi connectivity index (χ4n) is 2.19. The number of aromatic nitrogens is 1. The normalized spacial score (nSPS) is 13.6. The predicted octanol–water partition coefficient (Wildman–Crippen LogP) is 3.82. The van der Waals surface area contributed by atoms with Gasteiger partial charge in [0.15, 0.2) is 16.7 Å². The number of rotatable bonds is 3. The van der Waals surface area contributed by atoms with Crippen LogP contribution in [0.15, 0.2) is 30.5 Å². The number of pyridine rings is 1. The maximum Gasteiger partial charge on any atom is 0.161 e. The monoisotopic (exact) mass is 304 g/mol. The summed E-state index contributed by atoms with van der Waals surface area (Å²) in [5.41, 5.74) is 3.01. The molecule has 3 rings (SSSR count). The van der Waals surface area contributed by atoms with E-state index in [1.807, 2.05) is 31.2 Å². The number of aryl methyl sites for hydroxylation is 1. The average molecular weight is 305 g/mol. The molecule has 1 aliphatic heterocycles. The third-order valence-electron chi connectivity index (χ3n) is 3.27. The molecule has 0 bridgehead atoms. The highest BCUT2D eigenvalue weighted by atomic mass is 35.5. The van der Waals surface area contributed by atoms with Gasteiger partial charge in [-0.25, -0.2) is 4.98 Å². The second kappa shape index (κ2) is 6.22. The highest BCUT2D eigenvalue weighted by Gasteiger charge is 2.10. The summed E-state index contributed by atoms with van der Waals surface area (Å²) < 4.78 is 11.3. The van der Waals surface area contributed by atoms with E-state index in [1.165, 1.54) is 0 Å². The molecule has 0 radical (unpaired) electrons. The molecule has 0 atom stereocenters. The number of nitrogens with zero attached hydrogens (tertiary/aromatic N) is 1. The lowest BCUT2D eigenvalue weighted by atomic mass is 10.2. The fraction of sp³-hybridized carbons (Fsp3) is 0.312. The van der Waals surface area contributed by atoms with Gasteiger partial charge in [0, 0.05) is 19.2 Å². The van der Waals surface area contributed by atoms with Gasteiger partial charge in [-0.05, 0) is 36.2 Å². The SMILES string of the molecule is Cc1cnc(Cl)c(NCc2ccc3c(c2)OCCCO3)c1. The van der Waals surface area contributed by atoms with Crippen LogP contribution in [0.5, 0.6) is 11.5 Å². The van der Waals surface area contributed by atoms with Crippen LogP contribution >= 0.6 is 11.6 Å². The number of benzene rings is 1. The summed E-state index contributed by atoms with van der Waals surface area (Å²) in [5, 5.41) is 3.78. The fourth-order valence-corrected chi connectivity index (χ4v) is 2.36. The Bertz CT molecular complexity index is 646. The molecule has 0 spiro atoms. The molecule has 0 unspecified atom stereocenters. The highest BCUT2D eigenvalue weighted by molar-refractivity contribution is 6.31. The molecule has 0 aliphatic carbocycles. The zero-order valence-electron chi connectivity index (χ0n) is 11.9. The molecule has 21 heavy (non-hydrogen) atoms. The Balaban J connectivity index is 1.73. The molecule has 1 aliphatic rings. The molecule has 4 nitrogen and oxygen atoms in total. The van der Waals surface area contributed by atoms with Crippen molar-refractivity contribution in [3.63, 3.8) is 0 Å². The van der Waals surface area contributed by atoms with Gasteiger partial charge in [0.2, 0.25) is 0 Å². The summed E-state index contributed by atoms with van der Waals surface area (Å²) in [6.45, 7) is 4.04. The van der Waals surface area contributed by atoms with E-state index < -0.39 is 0 Å². The lowest BCUT2D eigenvalue weighted by molar-refractivity contribution is 0.297. The molecule has 1 aromatic heterocycles. The minimum Gasteiger partial charge on any atom is -0.490 e.